The molecule has 0 spiro atoms. The zero-order valence-corrected chi connectivity index (χ0v) is 13.6. The van der Waals surface area contributed by atoms with Crippen LogP contribution in [0.2, 0.25) is 0 Å². The SMILES string of the molecule is NC(=NCCNS(=O)(=O)c1cccs1)N1CCCCCC1. The van der Waals surface area contributed by atoms with E-state index in [4.69, 9.17) is 5.73 Å². The van der Waals surface area contributed by atoms with Crippen LogP contribution in [0.15, 0.2) is 26.7 Å². The number of hydrogen-bond acceptors (Lipinski definition) is 4. The van der Waals surface area contributed by atoms with Crippen molar-refractivity contribution in [2.24, 2.45) is 10.7 Å². The summed E-state index contributed by atoms with van der Waals surface area (Å²) in [5.41, 5.74) is 5.96. The lowest BCUT2D eigenvalue weighted by atomic mass is 10.2. The molecular weight excluding hydrogens is 308 g/mol. The molecule has 118 valence electrons. The van der Waals surface area contributed by atoms with Crippen molar-refractivity contribution in [1.29, 1.82) is 0 Å². The minimum absolute atomic E-state index is 0.259. The standard InChI is InChI=1S/C13H22N4O2S2/c14-13(17-9-3-1-2-4-10-17)15-7-8-16-21(18,19)12-6-5-11-20-12/h5-6,11,16H,1-4,7-10H2,(H2,14,15). The van der Waals surface area contributed by atoms with Crippen molar-refractivity contribution in [2.45, 2.75) is 29.9 Å². The molecule has 2 heterocycles. The molecule has 0 aliphatic carbocycles. The molecule has 0 radical (unpaired) electrons. The van der Waals surface area contributed by atoms with Crippen LogP contribution in [0.5, 0.6) is 0 Å². The normalized spacial score (nSPS) is 17.7. The van der Waals surface area contributed by atoms with Gasteiger partial charge in [0.1, 0.15) is 4.21 Å². The number of thiophene rings is 1. The lowest BCUT2D eigenvalue weighted by molar-refractivity contribution is 0.428. The summed E-state index contributed by atoms with van der Waals surface area (Å²) in [6.07, 6.45) is 4.76. The van der Waals surface area contributed by atoms with Crippen molar-refractivity contribution >= 4 is 27.3 Å². The molecule has 3 N–H and O–H groups in total. The van der Waals surface area contributed by atoms with E-state index in [-0.39, 0.29) is 6.54 Å². The highest BCUT2D eigenvalue weighted by molar-refractivity contribution is 7.91. The molecule has 0 amide bonds. The zero-order valence-electron chi connectivity index (χ0n) is 12.0. The van der Waals surface area contributed by atoms with Gasteiger partial charge in [0.25, 0.3) is 0 Å². The first-order valence-corrected chi connectivity index (χ1v) is 9.54. The Morgan fingerprint density at radius 3 is 2.67 bits per heavy atom. The number of sulfonamides is 1. The molecule has 0 saturated carbocycles. The molecule has 0 unspecified atom stereocenters. The highest BCUT2D eigenvalue weighted by Gasteiger charge is 2.14. The fraction of sp³-hybridized carbons (Fsp3) is 0.615. The summed E-state index contributed by atoms with van der Waals surface area (Å²) in [5.74, 6) is 0.521. The molecule has 0 aromatic carbocycles. The van der Waals surface area contributed by atoms with Gasteiger partial charge in [-0.2, -0.15) is 0 Å². The Morgan fingerprint density at radius 2 is 2.05 bits per heavy atom. The molecular formula is C13H22N4O2S2. The summed E-state index contributed by atoms with van der Waals surface area (Å²) in [7, 11) is -3.40. The van der Waals surface area contributed by atoms with Gasteiger partial charge in [0.2, 0.25) is 10.0 Å². The maximum atomic E-state index is 11.9. The summed E-state index contributed by atoms with van der Waals surface area (Å²) in [6, 6.07) is 3.30. The lowest BCUT2D eigenvalue weighted by Gasteiger charge is -2.21. The Labute approximate surface area is 130 Å². The van der Waals surface area contributed by atoms with Gasteiger partial charge in [-0.15, -0.1) is 11.3 Å². The molecule has 1 aliphatic rings. The van der Waals surface area contributed by atoms with Crippen LogP contribution in [0.25, 0.3) is 0 Å². The van der Waals surface area contributed by atoms with Crippen LogP contribution in [0.1, 0.15) is 25.7 Å². The fourth-order valence-electron chi connectivity index (χ4n) is 2.24. The van der Waals surface area contributed by atoms with Crippen LogP contribution in [0.3, 0.4) is 0 Å². The average Bonchev–Trinajstić information content (AvgIpc) is 2.87. The van der Waals surface area contributed by atoms with E-state index < -0.39 is 10.0 Å². The second-order valence-corrected chi connectivity index (χ2v) is 7.91. The van der Waals surface area contributed by atoms with Gasteiger partial charge in [0, 0.05) is 19.6 Å². The van der Waals surface area contributed by atoms with Gasteiger partial charge < -0.3 is 10.6 Å². The minimum Gasteiger partial charge on any atom is -0.370 e. The number of aliphatic imine (C=N–C) groups is 1. The van der Waals surface area contributed by atoms with E-state index in [1.54, 1.807) is 17.5 Å². The monoisotopic (exact) mass is 330 g/mol. The third kappa shape index (κ3) is 4.98. The predicted molar refractivity (Wildman–Crippen MR) is 86.0 cm³/mol. The van der Waals surface area contributed by atoms with Crippen LogP contribution in [0.4, 0.5) is 0 Å². The van der Waals surface area contributed by atoms with Gasteiger partial charge in [0.05, 0.1) is 6.54 Å². The van der Waals surface area contributed by atoms with Crippen molar-refractivity contribution in [1.82, 2.24) is 9.62 Å². The van der Waals surface area contributed by atoms with Gasteiger partial charge in [0.15, 0.2) is 5.96 Å². The highest BCUT2D eigenvalue weighted by atomic mass is 32.2. The van der Waals surface area contributed by atoms with Crippen LogP contribution in [-0.4, -0.2) is 45.5 Å². The Morgan fingerprint density at radius 1 is 1.33 bits per heavy atom. The Kier molecular flexibility index (Phi) is 6.01. The first-order chi connectivity index (χ1) is 10.1. The molecule has 1 aromatic heterocycles. The number of guanidine groups is 1. The van der Waals surface area contributed by atoms with E-state index in [1.165, 1.54) is 24.2 Å². The average molecular weight is 330 g/mol. The number of nitrogens with zero attached hydrogens (tertiary/aromatic N) is 2. The number of likely N-dealkylation sites (tertiary alicyclic amines) is 1. The first kappa shape index (κ1) is 16.3. The topological polar surface area (TPSA) is 87.8 Å². The summed E-state index contributed by atoms with van der Waals surface area (Å²) >= 11 is 1.20. The predicted octanol–water partition coefficient (Wildman–Crippen LogP) is 1.22. The lowest BCUT2D eigenvalue weighted by Crippen LogP contribution is -2.38. The van der Waals surface area contributed by atoms with E-state index in [0.717, 1.165) is 25.9 Å². The van der Waals surface area contributed by atoms with Crippen molar-refractivity contribution < 1.29 is 8.42 Å². The first-order valence-electron chi connectivity index (χ1n) is 7.17. The third-order valence-electron chi connectivity index (χ3n) is 3.37. The van der Waals surface area contributed by atoms with Gasteiger partial charge in [-0.05, 0) is 24.3 Å². The van der Waals surface area contributed by atoms with Crippen molar-refractivity contribution in [2.75, 3.05) is 26.2 Å². The number of hydrogen-bond donors (Lipinski definition) is 2. The molecule has 1 aromatic rings. The second-order valence-electron chi connectivity index (χ2n) is 4.97. The van der Waals surface area contributed by atoms with Gasteiger partial charge in [-0.3, -0.25) is 4.99 Å². The van der Waals surface area contributed by atoms with E-state index >= 15 is 0 Å². The number of nitrogens with two attached hydrogens (primary N) is 1. The molecule has 2 rings (SSSR count). The van der Waals surface area contributed by atoms with E-state index in [0.29, 0.717) is 16.7 Å². The summed E-state index contributed by atoms with van der Waals surface area (Å²) in [5, 5.41) is 1.74. The van der Waals surface area contributed by atoms with Crippen LogP contribution in [-0.2, 0) is 10.0 Å². The van der Waals surface area contributed by atoms with E-state index in [9.17, 15) is 8.42 Å². The Bertz CT molecular complexity index is 547. The van der Waals surface area contributed by atoms with Crippen LogP contribution < -0.4 is 10.5 Å². The minimum atomic E-state index is -3.40. The fourth-order valence-corrected chi connectivity index (χ4v) is 4.30. The van der Waals surface area contributed by atoms with Gasteiger partial charge >= 0.3 is 0 Å². The molecule has 21 heavy (non-hydrogen) atoms. The molecule has 1 aliphatic heterocycles. The molecule has 0 bridgehead atoms. The van der Waals surface area contributed by atoms with Crippen LogP contribution in [0, 0.1) is 0 Å². The van der Waals surface area contributed by atoms with Crippen molar-refractivity contribution in [3.8, 4) is 0 Å². The largest absolute Gasteiger partial charge is 0.370 e. The maximum absolute atomic E-state index is 11.9. The Balaban J connectivity index is 1.79. The molecule has 8 heteroatoms. The number of rotatable bonds is 5. The smallest absolute Gasteiger partial charge is 0.250 e. The summed E-state index contributed by atoms with van der Waals surface area (Å²) in [6.45, 7) is 2.49. The van der Waals surface area contributed by atoms with Gasteiger partial charge in [-0.1, -0.05) is 18.9 Å². The van der Waals surface area contributed by atoms with Gasteiger partial charge in [-0.25, -0.2) is 13.1 Å². The molecule has 1 saturated heterocycles. The van der Waals surface area contributed by atoms with E-state index in [1.807, 2.05) is 0 Å². The Hall–Kier alpha value is -1.12. The third-order valence-corrected chi connectivity index (χ3v) is 6.23. The molecule has 6 nitrogen and oxygen atoms in total. The number of nitrogens with one attached hydrogen (secondary N) is 1. The second kappa shape index (κ2) is 7.77. The van der Waals surface area contributed by atoms with Crippen LogP contribution >= 0.6 is 11.3 Å². The van der Waals surface area contributed by atoms with Crippen molar-refractivity contribution in [3.63, 3.8) is 0 Å². The zero-order chi connectivity index (χ0) is 15.1. The van der Waals surface area contributed by atoms with E-state index in [2.05, 4.69) is 14.6 Å². The van der Waals surface area contributed by atoms with Crippen molar-refractivity contribution in [3.05, 3.63) is 17.5 Å². The molecule has 1 fully saturated rings. The summed E-state index contributed by atoms with van der Waals surface area (Å²) in [4.78, 5) is 6.35. The maximum Gasteiger partial charge on any atom is 0.250 e. The molecule has 0 atom stereocenters. The highest BCUT2D eigenvalue weighted by Crippen LogP contribution is 2.14. The quantitative estimate of drug-likeness (QED) is 0.483. The summed E-state index contributed by atoms with van der Waals surface area (Å²) < 4.78 is 26.6.